The highest BCUT2D eigenvalue weighted by molar-refractivity contribution is 6.01. The van der Waals surface area contributed by atoms with Crippen LogP contribution in [0.15, 0.2) is 58.6 Å². The maximum Gasteiger partial charge on any atom is 0.226 e. The van der Waals surface area contributed by atoms with Crippen LogP contribution in [0, 0.1) is 12.8 Å². The summed E-state index contributed by atoms with van der Waals surface area (Å²) in [7, 11) is 0. The van der Waals surface area contributed by atoms with Crippen molar-refractivity contribution in [2.45, 2.75) is 33.1 Å². The van der Waals surface area contributed by atoms with Crippen LogP contribution in [0.25, 0.3) is 11.5 Å². The molecule has 1 aromatic carbocycles. The second kappa shape index (κ2) is 6.37. The molecule has 0 aliphatic heterocycles. The van der Waals surface area contributed by atoms with E-state index in [2.05, 4.69) is 37.2 Å². The standard InChI is InChI=1S/C20H22N2O/c1-5-21-19(13(2)3)15-9-10-18-17(12-15)22-20(23-18)16-8-6-7-14(4)11-16/h5-8,11,15H,1-2,9-10,12H2,3-4H3. The quantitative estimate of drug-likeness (QED) is 0.752. The van der Waals surface area contributed by atoms with Crippen LogP contribution in [0.4, 0.5) is 0 Å². The second-order valence-corrected chi connectivity index (χ2v) is 6.18. The molecule has 0 spiro atoms. The molecule has 118 valence electrons. The first-order valence-electron chi connectivity index (χ1n) is 7.98. The summed E-state index contributed by atoms with van der Waals surface area (Å²) >= 11 is 0. The summed E-state index contributed by atoms with van der Waals surface area (Å²) < 4.78 is 6.00. The van der Waals surface area contributed by atoms with Gasteiger partial charge in [0.05, 0.1) is 5.69 Å². The molecule has 0 radical (unpaired) electrons. The number of aryl methyl sites for hydroxylation is 2. The highest BCUT2D eigenvalue weighted by Crippen LogP contribution is 2.31. The highest BCUT2D eigenvalue weighted by atomic mass is 16.4. The average Bonchev–Trinajstić information content (AvgIpc) is 2.95. The van der Waals surface area contributed by atoms with Crippen molar-refractivity contribution < 1.29 is 4.42 Å². The van der Waals surface area contributed by atoms with Crippen molar-refractivity contribution in [2.24, 2.45) is 10.9 Å². The Morgan fingerprint density at radius 1 is 1.43 bits per heavy atom. The summed E-state index contributed by atoms with van der Waals surface area (Å²) in [4.78, 5) is 9.16. The Balaban J connectivity index is 1.89. The highest BCUT2D eigenvalue weighted by Gasteiger charge is 2.27. The molecule has 1 heterocycles. The van der Waals surface area contributed by atoms with Crippen molar-refractivity contribution in [1.29, 1.82) is 0 Å². The molecule has 0 N–H and O–H groups in total. The molecule has 0 saturated carbocycles. The number of rotatable bonds is 4. The van der Waals surface area contributed by atoms with Gasteiger partial charge in [0.25, 0.3) is 0 Å². The number of nitrogens with zero attached hydrogens (tertiary/aromatic N) is 2. The number of hydrogen-bond donors (Lipinski definition) is 0. The number of hydrogen-bond acceptors (Lipinski definition) is 3. The summed E-state index contributed by atoms with van der Waals surface area (Å²) in [6.45, 7) is 11.8. The molecular formula is C20H22N2O. The molecule has 0 amide bonds. The van der Waals surface area contributed by atoms with Crippen molar-refractivity contribution in [1.82, 2.24) is 4.98 Å². The zero-order valence-corrected chi connectivity index (χ0v) is 13.8. The Hall–Kier alpha value is -2.42. The molecule has 1 aliphatic carbocycles. The second-order valence-electron chi connectivity index (χ2n) is 6.18. The summed E-state index contributed by atoms with van der Waals surface area (Å²) in [6.07, 6.45) is 4.35. The molecular weight excluding hydrogens is 284 g/mol. The van der Waals surface area contributed by atoms with Gasteiger partial charge in [-0.3, -0.25) is 4.99 Å². The Morgan fingerprint density at radius 2 is 2.26 bits per heavy atom. The predicted octanol–water partition coefficient (Wildman–Crippen LogP) is 4.92. The van der Waals surface area contributed by atoms with Crippen LogP contribution < -0.4 is 0 Å². The largest absolute Gasteiger partial charge is 0.441 e. The van der Waals surface area contributed by atoms with E-state index in [1.165, 1.54) is 5.56 Å². The molecule has 1 aromatic heterocycles. The van der Waals surface area contributed by atoms with E-state index in [9.17, 15) is 0 Å². The van der Waals surface area contributed by atoms with E-state index in [1.807, 2.05) is 19.1 Å². The lowest BCUT2D eigenvalue weighted by molar-refractivity contribution is 0.463. The van der Waals surface area contributed by atoms with Crippen molar-refractivity contribution in [3.8, 4) is 11.5 Å². The van der Waals surface area contributed by atoms with Crippen LogP contribution in [0.3, 0.4) is 0 Å². The first-order valence-corrected chi connectivity index (χ1v) is 7.98. The Labute approximate surface area is 137 Å². The zero-order valence-electron chi connectivity index (χ0n) is 13.8. The monoisotopic (exact) mass is 306 g/mol. The topological polar surface area (TPSA) is 38.4 Å². The number of aliphatic imine (C=N–C) groups is 1. The first-order chi connectivity index (χ1) is 11.1. The fourth-order valence-corrected chi connectivity index (χ4v) is 3.18. The molecule has 1 unspecified atom stereocenters. The van der Waals surface area contributed by atoms with Crippen LogP contribution in [0.5, 0.6) is 0 Å². The van der Waals surface area contributed by atoms with Gasteiger partial charge in [-0.15, -0.1) is 0 Å². The van der Waals surface area contributed by atoms with Crippen LogP contribution in [-0.4, -0.2) is 10.7 Å². The smallest absolute Gasteiger partial charge is 0.226 e. The fraction of sp³-hybridized carbons (Fsp3) is 0.300. The molecule has 2 aromatic rings. The molecule has 3 rings (SSSR count). The van der Waals surface area contributed by atoms with E-state index in [0.717, 1.165) is 53.5 Å². The molecule has 3 nitrogen and oxygen atoms in total. The first kappa shape index (κ1) is 15.5. The molecule has 3 heteroatoms. The Morgan fingerprint density at radius 3 is 2.96 bits per heavy atom. The van der Waals surface area contributed by atoms with Crippen molar-refractivity contribution in [3.05, 3.63) is 66.2 Å². The van der Waals surface area contributed by atoms with Gasteiger partial charge in [0.2, 0.25) is 5.89 Å². The van der Waals surface area contributed by atoms with Gasteiger partial charge < -0.3 is 4.42 Å². The predicted molar refractivity (Wildman–Crippen MR) is 94.6 cm³/mol. The Bertz CT molecular complexity index is 783. The van der Waals surface area contributed by atoms with Crippen LogP contribution >= 0.6 is 0 Å². The van der Waals surface area contributed by atoms with Crippen molar-refractivity contribution in [2.75, 3.05) is 0 Å². The van der Waals surface area contributed by atoms with E-state index in [1.54, 1.807) is 6.20 Å². The minimum Gasteiger partial charge on any atom is -0.441 e. The van der Waals surface area contributed by atoms with E-state index in [4.69, 9.17) is 9.40 Å². The number of oxazole rings is 1. The molecule has 1 atom stereocenters. The van der Waals surface area contributed by atoms with Gasteiger partial charge in [0.15, 0.2) is 0 Å². The zero-order chi connectivity index (χ0) is 16.4. The van der Waals surface area contributed by atoms with Crippen LogP contribution in [0.1, 0.15) is 30.4 Å². The number of allylic oxidation sites excluding steroid dienone is 1. The van der Waals surface area contributed by atoms with Gasteiger partial charge in [-0.1, -0.05) is 30.9 Å². The lowest BCUT2D eigenvalue weighted by Crippen LogP contribution is -2.23. The third-order valence-corrected chi connectivity index (χ3v) is 4.26. The lowest BCUT2D eigenvalue weighted by atomic mass is 9.84. The summed E-state index contributed by atoms with van der Waals surface area (Å²) in [6, 6.07) is 8.26. The third kappa shape index (κ3) is 3.19. The number of benzene rings is 1. The molecule has 0 fully saturated rings. The van der Waals surface area contributed by atoms with E-state index in [0.29, 0.717) is 5.92 Å². The fourth-order valence-electron chi connectivity index (χ4n) is 3.18. The SMILES string of the molecule is C=CN=C(C(=C)C)C1CCc2oc(-c3cccc(C)c3)nc2C1. The van der Waals surface area contributed by atoms with E-state index in [-0.39, 0.29) is 0 Å². The van der Waals surface area contributed by atoms with E-state index < -0.39 is 0 Å². The maximum atomic E-state index is 6.00. The van der Waals surface area contributed by atoms with Crippen molar-refractivity contribution in [3.63, 3.8) is 0 Å². The van der Waals surface area contributed by atoms with Gasteiger partial charge in [-0.2, -0.15) is 0 Å². The summed E-state index contributed by atoms with van der Waals surface area (Å²) in [5.74, 6) is 2.07. The van der Waals surface area contributed by atoms with Gasteiger partial charge >= 0.3 is 0 Å². The normalized spacial score (nSPS) is 17.7. The average molecular weight is 306 g/mol. The van der Waals surface area contributed by atoms with Gasteiger partial charge in [0, 0.05) is 36.2 Å². The van der Waals surface area contributed by atoms with Gasteiger partial charge in [0.1, 0.15) is 5.76 Å². The maximum absolute atomic E-state index is 6.00. The van der Waals surface area contributed by atoms with E-state index >= 15 is 0 Å². The van der Waals surface area contributed by atoms with Gasteiger partial charge in [-0.25, -0.2) is 4.98 Å². The van der Waals surface area contributed by atoms with Gasteiger partial charge in [-0.05, 0) is 38.0 Å². The molecule has 0 saturated heterocycles. The number of fused-ring (bicyclic) bond motifs is 1. The minimum atomic E-state index is 0.341. The van der Waals surface area contributed by atoms with Crippen LogP contribution in [-0.2, 0) is 12.8 Å². The third-order valence-electron chi connectivity index (χ3n) is 4.26. The Kier molecular flexibility index (Phi) is 4.28. The summed E-state index contributed by atoms with van der Waals surface area (Å²) in [5, 5.41) is 0. The summed E-state index contributed by atoms with van der Waals surface area (Å²) in [5.41, 5.74) is 5.33. The number of aromatic nitrogens is 1. The van der Waals surface area contributed by atoms with Crippen LogP contribution in [0.2, 0.25) is 0 Å². The molecule has 0 bridgehead atoms. The minimum absolute atomic E-state index is 0.341. The lowest BCUT2D eigenvalue weighted by Gasteiger charge is -2.22. The molecule has 23 heavy (non-hydrogen) atoms. The van der Waals surface area contributed by atoms with Crippen molar-refractivity contribution >= 4 is 5.71 Å². The molecule has 1 aliphatic rings.